The van der Waals surface area contributed by atoms with E-state index in [-0.39, 0.29) is 18.2 Å². The van der Waals surface area contributed by atoms with Crippen molar-refractivity contribution >= 4 is 6.03 Å². The molecule has 1 saturated carbocycles. The van der Waals surface area contributed by atoms with Crippen molar-refractivity contribution in [3.05, 3.63) is 24.4 Å². The highest BCUT2D eigenvalue weighted by Gasteiger charge is 2.23. The molecular weight excluding hydrogens is 254 g/mol. The quantitative estimate of drug-likeness (QED) is 0.869. The van der Waals surface area contributed by atoms with Crippen molar-refractivity contribution in [3.8, 4) is 5.88 Å². The summed E-state index contributed by atoms with van der Waals surface area (Å²) in [5, 5.41) is 5.86. The molecule has 0 atom stereocenters. The van der Waals surface area contributed by atoms with Crippen molar-refractivity contribution < 1.29 is 9.53 Å². The fraction of sp³-hybridized carbons (Fsp3) is 0.600. The zero-order chi connectivity index (χ0) is 14.2. The molecule has 1 aromatic heterocycles. The van der Waals surface area contributed by atoms with E-state index >= 15 is 0 Å². The first-order valence-electron chi connectivity index (χ1n) is 7.40. The molecule has 5 nitrogen and oxygen atoms in total. The van der Waals surface area contributed by atoms with Gasteiger partial charge in [0, 0.05) is 24.8 Å². The SMILES string of the molecule is CCCNC(=O)NC1CCC(Oc2ccccn2)CC1. The van der Waals surface area contributed by atoms with Gasteiger partial charge < -0.3 is 15.4 Å². The number of urea groups is 1. The first-order valence-corrected chi connectivity index (χ1v) is 7.40. The number of carbonyl (C=O) groups excluding carboxylic acids is 1. The number of carbonyl (C=O) groups is 1. The fourth-order valence-corrected chi connectivity index (χ4v) is 2.39. The van der Waals surface area contributed by atoms with E-state index in [9.17, 15) is 4.79 Å². The lowest BCUT2D eigenvalue weighted by atomic mass is 9.93. The predicted molar refractivity (Wildman–Crippen MR) is 77.7 cm³/mol. The van der Waals surface area contributed by atoms with E-state index < -0.39 is 0 Å². The summed E-state index contributed by atoms with van der Waals surface area (Å²) in [4.78, 5) is 15.8. The summed E-state index contributed by atoms with van der Waals surface area (Å²) in [5.74, 6) is 0.685. The van der Waals surface area contributed by atoms with Crippen molar-refractivity contribution in [2.75, 3.05) is 6.54 Å². The number of amides is 2. The zero-order valence-corrected chi connectivity index (χ0v) is 12.0. The molecule has 0 unspecified atom stereocenters. The summed E-state index contributed by atoms with van der Waals surface area (Å²) in [6.07, 6.45) is 6.72. The lowest BCUT2D eigenvalue weighted by Crippen LogP contribution is -2.44. The number of hydrogen-bond donors (Lipinski definition) is 2. The maximum Gasteiger partial charge on any atom is 0.315 e. The maximum absolute atomic E-state index is 11.6. The van der Waals surface area contributed by atoms with Gasteiger partial charge in [-0.1, -0.05) is 13.0 Å². The summed E-state index contributed by atoms with van der Waals surface area (Å²) in [6, 6.07) is 5.88. The lowest BCUT2D eigenvalue weighted by Gasteiger charge is -2.29. The average Bonchev–Trinajstić information content (AvgIpc) is 2.48. The maximum atomic E-state index is 11.6. The zero-order valence-electron chi connectivity index (χ0n) is 12.0. The molecular formula is C15H23N3O2. The number of nitrogens with zero attached hydrogens (tertiary/aromatic N) is 1. The lowest BCUT2D eigenvalue weighted by molar-refractivity contribution is 0.135. The minimum atomic E-state index is -0.0547. The van der Waals surface area contributed by atoms with Crippen LogP contribution in [0, 0.1) is 0 Å². The van der Waals surface area contributed by atoms with Crippen LogP contribution in [0.3, 0.4) is 0 Å². The van der Waals surface area contributed by atoms with Gasteiger partial charge in [-0.05, 0) is 38.2 Å². The van der Waals surface area contributed by atoms with Crippen LogP contribution in [-0.2, 0) is 0 Å². The molecule has 20 heavy (non-hydrogen) atoms. The standard InChI is InChI=1S/C15H23N3O2/c1-2-10-17-15(19)18-12-6-8-13(9-7-12)20-14-5-3-4-11-16-14/h3-5,11-13H,2,6-10H2,1H3,(H2,17,18,19). The summed E-state index contributed by atoms with van der Waals surface area (Å²) in [6.45, 7) is 2.77. The molecule has 2 amide bonds. The number of rotatable bonds is 5. The molecule has 0 aliphatic heterocycles. The Morgan fingerprint density at radius 2 is 2.15 bits per heavy atom. The number of hydrogen-bond acceptors (Lipinski definition) is 3. The topological polar surface area (TPSA) is 63.2 Å². The Labute approximate surface area is 120 Å². The molecule has 2 rings (SSSR count). The highest BCUT2D eigenvalue weighted by molar-refractivity contribution is 5.74. The molecule has 1 aliphatic rings. The fourth-order valence-electron chi connectivity index (χ4n) is 2.39. The second kappa shape index (κ2) is 7.72. The van der Waals surface area contributed by atoms with E-state index in [4.69, 9.17) is 4.74 Å². The van der Waals surface area contributed by atoms with Crippen molar-refractivity contribution in [2.45, 2.75) is 51.2 Å². The molecule has 5 heteroatoms. The second-order valence-electron chi connectivity index (χ2n) is 5.16. The normalized spacial score (nSPS) is 22.1. The first-order chi connectivity index (χ1) is 9.78. The van der Waals surface area contributed by atoms with Gasteiger partial charge in [-0.25, -0.2) is 9.78 Å². The van der Waals surface area contributed by atoms with Crippen LogP contribution in [0.5, 0.6) is 5.88 Å². The van der Waals surface area contributed by atoms with Crippen LogP contribution >= 0.6 is 0 Å². The van der Waals surface area contributed by atoms with Crippen LogP contribution in [0.2, 0.25) is 0 Å². The molecule has 1 fully saturated rings. The Balaban J connectivity index is 1.68. The minimum absolute atomic E-state index is 0.0547. The third kappa shape index (κ3) is 4.72. The van der Waals surface area contributed by atoms with Gasteiger partial charge in [-0.3, -0.25) is 0 Å². The number of nitrogens with one attached hydrogen (secondary N) is 2. The van der Waals surface area contributed by atoms with Crippen LogP contribution in [0.15, 0.2) is 24.4 Å². The van der Waals surface area contributed by atoms with Crippen LogP contribution in [-0.4, -0.2) is 29.7 Å². The Morgan fingerprint density at radius 1 is 1.35 bits per heavy atom. The molecule has 1 aromatic rings. The molecule has 1 aliphatic carbocycles. The van der Waals surface area contributed by atoms with Gasteiger partial charge in [-0.15, -0.1) is 0 Å². The van der Waals surface area contributed by atoms with Crippen LogP contribution < -0.4 is 15.4 Å². The van der Waals surface area contributed by atoms with E-state index in [0.717, 1.165) is 38.6 Å². The van der Waals surface area contributed by atoms with Crippen molar-refractivity contribution in [1.82, 2.24) is 15.6 Å². The largest absolute Gasteiger partial charge is 0.474 e. The Hall–Kier alpha value is -1.78. The minimum Gasteiger partial charge on any atom is -0.474 e. The van der Waals surface area contributed by atoms with Gasteiger partial charge in [0.2, 0.25) is 5.88 Å². The Morgan fingerprint density at radius 3 is 2.80 bits per heavy atom. The van der Waals surface area contributed by atoms with E-state index in [1.807, 2.05) is 25.1 Å². The predicted octanol–water partition coefficient (Wildman–Crippen LogP) is 2.48. The van der Waals surface area contributed by atoms with Gasteiger partial charge >= 0.3 is 6.03 Å². The highest BCUT2D eigenvalue weighted by Crippen LogP contribution is 2.22. The summed E-state index contributed by atoms with van der Waals surface area (Å²) in [7, 11) is 0. The molecule has 0 radical (unpaired) electrons. The van der Waals surface area contributed by atoms with E-state index in [1.54, 1.807) is 6.20 Å². The molecule has 0 spiro atoms. The first kappa shape index (κ1) is 14.6. The molecule has 1 heterocycles. The van der Waals surface area contributed by atoms with Gasteiger partial charge in [0.25, 0.3) is 0 Å². The van der Waals surface area contributed by atoms with Gasteiger partial charge in [0.1, 0.15) is 6.10 Å². The number of ether oxygens (including phenoxy) is 1. The Kier molecular flexibility index (Phi) is 5.65. The van der Waals surface area contributed by atoms with Crippen molar-refractivity contribution in [1.29, 1.82) is 0 Å². The van der Waals surface area contributed by atoms with Crippen molar-refractivity contribution in [3.63, 3.8) is 0 Å². The summed E-state index contributed by atoms with van der Waals surface area (Å²) in [5.41, 5.74) is 0. The monoisotopic (exact) mass is 277 g/mol. The van der Waals surface area contributed by atoms with Crippen LogP contribution in [0.4, 0.5) is 4.79 Å². The summed E-state index contributed by atoms with van der Waals surface area (Å²) >= 11 is 0. The van der Waals surface area contributed by atoms with Crippen LogP contribution in [0.25, 0.3) is 0 Å². The van der Waals surface area contributed by atoms with Crippen LogP contribution in [0.1, 0.15) is 39.0 Å². The van der Waals surface area contributed by atoms with Gasteiger partial charge in [0.05, 0.1) is 0 Å². The summed E-state index contributed by atoms with van der Waals surface area (Å²) < 4.78 is 5.83. The third-order valence-corrected chi connectivity index (χ3v) is 3.47. The number of pyridine rings is 1. The van der Waals surface area contributed by atoms with Gasteiger partial charge in [-0.2, -0.15) is 0 Å². The third-order valence-electron chi connectivity index (χ3n) is 3.47. The van der Waals surface area contributed by atoms with E-state index in [2.05, 4.69) is 15.6 Å². The molecule has 2 N–H and O–H groups in total. The van der Waals surface area contributed by atoms with E-state index in [1.165, 1.54) is 0 Å². The second-order valence-corrected chi connectivity index (χ2v) is 5.16. The number of aromatic nitrogens is 1. The van der Waals surface area contributed by atoms with E-state index in [0.29, 0.717) is 5.88 Å². The molecule has 110 valence electrons. The molecule has 0 aromatic carbocycles. The molecule has 0 bridgehead atoms. The molecule has 0 saturated heterocycles. The smallest absolute Gasteiger partial charge is 0.315 e. The van der Waals surface area contributed by atoms with Crippen molar-refractivity contribution in [2.24, 2.45) is 0 Å². The van der Waals surface area contributed by atoms with Gasteiger partial charge in [0.15, 0.2) is 0 Å². The Bertz CT molecular complexity index is 403. The average molecular weight is 277 g/mol. The highest BCUT2D eigenvalue weighted by atomic mass is 16.5.